The minimum Gasteiger partial charge on any atom is -0.429 e. The topological polar surface area (TPSA) is 35.5 Å². The number of ether oxygens (including phenoxy) is 2. The van der Waals surface area contributed by atoms with E-state index in [4.69, 9.17) is 0 Å². The zero-order valence-electron chi connectivity index (χ0n) is 6.64. The minimum atomic E-state index is -4.95. The molecule has 0 aromatic carbocycles. The first kappa shape index (κ1) is 11.2. The largest absolute Gasteiger partial charge is 0.491 e. The fourth-order valence-corrected chi connectivity index (χ4v) is 0.486. The van der Waals surface area contributed by atoms with E-state index in [2.05, 4.69) is 9.47 Å². The number of halogens is 3. The van der Waals surface area contributed by atoms with Gasteiger partial charge in [0.05, 0.1) is 0 Å². The number of esters is 1. The summed E-state index contributed by atoms with van der Waals surface area (Å²) in [4.78, 5) is 10.1. The normalized spacial score (nSPS) is 14.1. The van der Waals surface area contributed by atoms with Gasteiger partial charge in [0, 0.05) is 6.61 Å². The number of hydrogen-bond acceptors (Lipinski definition) is 3. The van der Waals surface area contributed by atoms with Gasteiger partial charge in [-0.2, -0.15) is 13.2 Å². The van der Waals surface area contributed by atoms with E-state index in [9.17, 15) is 18.0 Å². The Morgan fingerprint density at radius 1 is 1.50 bits per heavy atom. The molecule has 0 spiro atoms. The molecule has 0 aliphatic rings. The van der Waals surface area contributed by atoms with Crippen molar-refractivity contribution < 1.29 is 27.4 Å². The molecule has 0 N–H and O–H groups in total. The van der Waals surface area contributed by atoms with Gasteiger partial charge < -0.3 is 9.47 Å². The third-order valence-electron chi connectivity index (χ3n) is 0.906. The zero-order valence-corrected chi connectivity index (χ0v) is 6.64. The molecule has 0 saturated heterocycles. The first-order chi connectivity index (χ1) is 5.38. The van der Waals surface area contributed by atoms with E-state index in [0.717, 1.165) is 0 Å². The highest BCUT2D eigenvalue weighted by molar-refractivity contribution is 5.75. The van der Waals surface area contributed by atoms with Gasteiger partial charge in [-0.3, -0.25) is 0 Å². The highest BCUT2D eigenvalue weighted by Crippen LogP contribution is 2.17. The van der Waals surface area contributed by atoms with Gasteiger partial charge in [-0.25, -0.2) is 4.79 Å². The molecule has 6 heteroatoms. The predicted octanol–water partition coefficient (Wildman–Crippen LogP) is 1.47. The van der Waals surface area contributed by atoms with Crippen molar-refractivity contribution >= 4 is 5.97 Å². The standard InChI is InChI=1S/C6H9F3O3/c1-3-11-4(2)12-5(10)6(7,8)9/h4H,3H2,1-2H3. The fourth-order valence-electron chi connectivity index (χ4n) is 0.486. The van der Waals surface area contributed by atoms with Crippen LogP contribution in [0.3, 0.4) is 0 Å². The molecule has 0 amide bonds. The van der Waals surface area contributed by atoms with Gasteiger partial charge in [-0.1, -0.05) is 0 Å². The molecule has 0 aliphatic carbocycles. The summed E-state index contributed by atoms with van der Waals surface area (Å²) in [5.74, 6) is -2.23. The average Bonchev–Trinajstić information content (AvgIpc) is 1.85. The van der Waals surface area contributed by atoms with Crippen molar-refractivity contribution in [1.82, 2.24) is 0 Å². The van der Waals surface area contributed by atoms with Crippen molar-refractivity contribution in [3.63, 3.8) is 0 Å². The lowest BCUT2D eigenvalue weighted by Gasteiger charge is -2.13. The summed E-state index contributed by atoms with van der Waals surface area (Å²) in [6, 6.07) is 0. The van der Waals surface area contributed by atoms with Gasteiger partial charge in [0.25, 0.3) is 0 Å². The van der Waals surface area contributed by atoms with E-state index in [1.54, 1.807) is 6.92 Å². The van der Waals surface area contributed by atoms with Crippen LogP contribution in [-0.4, -0.2) is 25.0 Å². The van der Waals surface area contributed by atoms with Crippen molar-refractivity contribution in [3.05, 3.63) is 0 Å². The molecule has 0 aromatic rings. The van der Waals surface area contributed by atoms with Crippen LogP contribution in [-0.2, 0) is 14.3 Å². The maximum atomic E-state index is 11.5. The van der Waals surface area contributed by atoms with Gasteiger partial charge >= 0.3 is 12.1 Å². The maximum absolute atomic E-state index is 11.5. The lowest BCUT2D eigenvalue weighted by atomic mass is 10.6. The van der Waals surface area contributed by atoms with Crippen LogP contribution in [0.2, 0.25) is 0 Å². The highest BCUT2D eigenvalue weighted by atomic mass is 19.4. The van der Waals surface area contributed by atoms with Gasteiger partial charge in [-0.15, -0.1) is 0 Å². The van der Waals surface area contributed by atoms with Crippen LogP contribution >= 0.6 is 0 Å². The molecule has 1 unspecified atom stereocenters. The Hall–Kier alpha value is -0.780. The summed E-state index contributed by atoms with van der Waals surface area (Å²) in [6.45, 7) is 2.98. The van der Waals surface area contributed by atoms with Crippen LogP contribution in [0.25, 0.3) is 0 Å². The Balaban J connectivity index is 3.85. The highest BCUT2D eigenvalue weighted by Gasteiger charge is 2.41. The van der Waals surface area contributed by atoms with Crippen LogP contribution in [0, 0.1) is 0 Å². The number of carbonyl (C=O) groups excluding carboxylic acids is 1. The summed E-state index contributed by atoms with van der Waals surface area (Å²) in [5, 5.41) is 0. The van der Waals surface area contributed by atoms with Gasteiger partial charge in [0.1, 0.15) is 0 Å². The molecular weight excluding hydrogens is 177 g/mol. The number of rotatable bonds is 3. The molecule has 0 aliphatic heterocycles. The van der Waals surface area contributed by atoms with Crippen molar-refractivity contribution in [1.29, 1.82) is 0 Å². The van der Waals surface area contributed by atoms with Crippen LogP contribution < -0.4 is 0 Å². The molecule has 0 rings (SSSR count). The van der Waals surface area contributed by atoms with E-state index in [1.807, 2.05) is 0 Å². The second-order valence-corrected chi connectivity index (χ2v) is 1.93. The van der Waals surface area contributed by atoms with E-state index in [-0.39, 0.29) is 6.61 Å². The quantitative estimate of drug-likeness (QED) is 0.494. The first-order valence-corrected chi connectivity index (χ1v) is 3.27. The van der Waals surface area contributed by atoms with E-state index < -0.39 is 18.4 Å². The zero-order chi connectivity index (χ0) is 9.78. The number of hydrogen-bond donors (Lipinski definition) is 0. The van der Waals surface area contributed by atoms with Crippen molar-refractivity contribution in [3.8, 4) is 0 Å². The minimum absolute atomic E-state index is 0.187. The summed E-state index contributed by atoms with van der Waals surface area (Å²) >= 11 is 0. The molecule has 0 heterocycles. The molecule has 0 saturated carbocycles. The Bertz CT molecular complexity index is 155. The van der Waals surface area contributed by atoms with E-state index in [0.29, 0.717) is 0 Å². The summed E-state index contributed by atoms with van der Waals surface area (Å²) in [5.41, 5.74) is 0. The lowest BCUT2D eigenvalue weighted by Crippen LogP contribution is -2.30. The van der Waals surface area contributed by atoms with Gasteiger partial charge in [0.2, 0.25) is 0 Å². The summed E-state index contributed by atoms with van der Waals surface area (Å²) in [6.07, 6.45) is -6.12. The van der Waals surface area contributed by atoms with E-state index in [1.165, 1.54) is 6.92 Å². The fraction of sp³-hybridized carbons (Fsp3) is 0.833. The maximum Gasteiger partial charge on any atom is 0.491 e. The summed E-state index contributed by atoms with van der Waals surface area (Å²) < 4.78 is 43.0. The van der Waals surface area contributed by atoms with Crippen LogP contribution in [0.1, 0.15) is 13.8 Å². The smallest absolute Gasteiger partial charge is 0.429 e. The molecule has 0 bridgehead atoms. The Morgan fingerprint density at radius 2 is 2.00 bits per heavy atom. The molecular formula is C6H9F3O3. The van der Waals surface area contributed by atoms with Crippen molar-refractivity contribution in [2.45, 2.75) is 26.3 Å². The predicted molar refractivity (Wildman–Crippen MR) is 33.2 cm³/mol. The average molecular weight is 186 g/mol. The van der Waals surface area contributed by atoms with Gasteiger partial charge in [0.15, 0.2) is 6.29 Å². The Kier molecular flexibility index (Phi) is 4.02. The molecule has 12 heavy (non-hydrogen) atoms. The van der Waals surface area contributed by atoms with Crippen LogP contribution in [0.4, 0.5) is 13.2 Å². The van der Waals surface area contributed by atoms with Crippen molar-refractivity contribution in [2.24, 2.45) is 0 Å². The van der Waals surface area contributed by atoms with Crippen molar-refractivity contribution in [2.75, 3.05) is 6.61 Å². The summed E-state index contributed by atoms with van der Waals surface area (Å²) in [7, 11) is 0. The Labute approximate surface area is 67.4 Å². The molecule has 1 atom stereocenters. The van der Waals surface area contributed by atoms with Crippen LogP contribution in [0.15, 0.2) is 0 Å². The Morgan fingerprint density at radius 3 is 2.33 bits per heavy atom. The first-order valence-electron chi connectivity index (χ1n) is 3.27. The van der Waals surface area contributed by atoms with Crippen LogP contribution in [0.5, 0.6) is 0 Å². The molecule has 72 valence electrons. The van der Waals surface area contributed by atoms with E-state index >= 15 is 0 Å². The number of alkyl halides is 3. The third-order valence-corrected chi connectivity index (χ3v) is 0.906. The molecule has 0 aromatic heterocycles. The molecule has 0 fully saturated rings. The monoisotopic (exact) mass is 186 g/mol. The molecule has 3 nitrogen and oxygen atoms in total. The second-order valence-electron chi connectivity index (χ2n) is 1.93. The SMILES string of the molecule is CCOC(C)OC(=O)C(F)(F)F. The molecule has 0 radical (unpaired) electrons. The second kappa shape index (κ2) is 4.30. The third kappa shape index (κ3) is 4.17. The number of carbonyl (C=O) groups is 1. The van der Waals surface area contributed by atoms with Gasteiger partial charge in [-0.05, 0) is 13.8 Å². The lowest BCUT2D eigenvalue weighted by molar-refractivity contribution is -0.222.